The van der Waals surface area contributed by atoms with Gasteiger partial charge >= 0.3 is 0 Å². The molecule has 0 aromatic heterocycles. The Morgan fingerprint density at radius 2 is 2.38 bits per heavy atom. The number of hydrogen-bond acceptors (Lipinski definition) is 2. The first-order valence-electron chi connectivity index (χ1n) is 5.13. The molecule has 0 aromatic carbocycles. The van der Waals surface area contributed by atoms with Gasteiger partial charge in [0.1, 0.15) is 0 Å². The maximum absolute atomic E-state index is 9.66. The first kappa shape index (κ1) is 10.5. The largest absolute Gasteiger partial charge is 0.388 e. The fourth-order valence-corrected chi connectivity index (χ4v) is 1.65. The molecule has 3 N–H and O–H groups in total. The van der Waals surface area contributed by atoms with Crippen LogP contribution in [0.3, 0.4) is 0 Å². The van der Waals surface area contributed by atoms with Crippen molar-refractivity contribution in [2.24, 2.45) is 5.73 Å². The summed E-state index contributed by atoms with van der Waals surface area (Å²) in [6.45, 7) is 2.64. The molecule has 0 spiro atoms. The number of aliphatic hydroxyl groups is 1. The molecule has 1 aliphatic rings. The van der Waals surface area contributed by atoms with E-state index in [0.29, 0.717) is 6.54 Å². The van der Waals surface area contributed by atoms with E-state index in [1.54, 1.807) is 0 Å². The summed E-state index contributed by atoms with van der Waals surface area (Å²) in [4.78, 5) is 0. The molecular weight excluding hydrogens is 162 g/mol. The van der Waals surface area contributed by atoms with Gasteiger partial charge < -0.3 is 10.8 Å². The summed E-state index contributed by atoms with van der Waals surface area (Å²) in [6, 6.07) is 0. The summed E-state index contributed by atoms with van der Waals surface area (Å²) in [6.07, 6.45) is 4.88. The van der Waals surface area contributed by atoms with Crippen LogP contribution in [-0.4, -0.2) is 17.8 Å². The minimum absolute atomic E-state index is 0.262. The van der Waals surface area contributed by atoms with Crippen molar-refractivity contribution in [3.8, 4) is 0 Å². The van der Waals surface area contributed by atoms with Crippen LogP contribution in [0.4, 0.5) is 0 Å². The van der Waals surface area contributed by atoms with Crippen LogP contribution in [0.25, 0.3) is 0 Å². The molecule has 0 saturated heterocycles. The molecule has 1 atom stereocenters. The molecular formula is C11H19NO. The summed E-state index contributed by atoms with van der Waals surface area (Å²) in [5.74, 6) is 0. The smallest absolute Gasteiger partial charge is 0.0823 e. The normalized spacial score (nSPS) is 22.7. The molecule has 0 bridgehead atoms. The number of rotatable bonds is 2. The average Bonchev–Trinajstić information content (AvgIpc) is 2.17. The van der Waals surface area contributed by atoms with Crippen molar-refractivity contribution in [2.75, 3.05) is 6.54 Å². The van der Waals surface area contributed by atoms with Gasteiger partial charge in [-0.1, -0.05) is 13.3 Å². The van der Waals surface area contributed by atoms with Crippen LogP contribution in [0, 0.1) is 0 Å². The third kappa shape index (κ3) is 3.00. The summed E-state index contributed by atoms with van der Waals surface area (Å²) < 4.78 is 0. The molecule has 1 fully saturated rings. The van der Waals surface area contributed by atoms with Crippen LogP contribution >= 0.6 is 0 Å². The van der Waals surface area contributed by atoms with Gasteiger partial charge in [0.05, 0.1) is 6.10 Å². The maximum Gasteiger partial charge on any atom is 0.0823 e. The van der Waals surface area contributed by atoms with Crippen molar-refractivity contribution in [1.29, 1.82) is 0 Å². The minimum Gasteiger partial charge on any atom is -0.388 e. The van der Waals surface area contributed by atoms with Gasteiger partial charge in [0.2, 0.25) is 0 Å². The zero-order valence-electron chi connectivity index (χ0n) is 8.34. The first-order chi connectivity index (χ1) is 6.27. The zero-order chi connectivity index (χ0) is 9.68. The van der Waals surface area contributed by atoms with Gasteiger partial charge in [-0.3, -0.25) is 0 Å². The van der Waals surface area contributed by atoms with E-state index < -0.39 is 0 Å². The lowest BCUT2D eigenvalue weighted by atomic mass is 9.92. The van der Waals surface area contributed by atoms with Gasteiger partial charge in [-0.25, -0.2) is 0 Å². The second-order valence-electron chi connectivity index (χ2n) is 3.57. The molecule has 2 heteroatoms. The molecule has 13 heavy (non-hydrogen) atoms. The Hall–Kier alpha value is -0.560. The quantitative estimate of drug-likeness (QED) is 0.637. The zero-order valence-corrected chi connectivity index (χ0v) is 8.34. The highest BCUT2D eigenvalue weighted by Gasteiger charge is 2.15. The van der Waals surface area contributed by atoms with Crippen molar-refractivity contribution < 1.29 is 5.11 Å². The van der Waals surface area contributed by atoms with Crippen LogP contribution in [-0.2, 0) is 0 Å². The van der Waals surface area contributed by atoms with E-state index in [1.807, 2.05) is 0 Å². The van der Waals surface area contributed by atoms with Crippen molar-refractivity contribution in [3.63, 3.8) is 0 Å². The lowest BCUT2D eigenvalue weighted by Crippen LogP contribution is -2.14. The Bertz CT molecular complexity index is 220. The molecule has 0 aliphatic heterocycles. The molecule has 2 nitrogen and oxygen atoms in total. The molecule has 1 aliphatic carbocycles. The monoisotopic (exact) mass is 181 g/mol. The molecule has 74 valence electrons. The average molecular weight is 181 g/mol. The number of aliphatic hydroxyl groups excluding tert-OH is 1. The van der Waals surface area contributed by atoms with Gasteiger partial charge in [0, 0.05) is 12.1 Å². The van der Waals surface area contributed by atoms with Crippen molar-refractivity contribution >= 4 is 0 Å². The Balaban J connectivity index is 2.81. The van der Waals surface area contributed by atoms with Gasteiger partial charge in [-0.2, -0.15) is 0 Å². The Labute approximate surface area is 80.1 Å². The van der Waals surface area contributed by atoms with E-state index in [4.69, 9.17) is 5.73 Å². The first-order valence-corrected chi connectivity index (χ1v) is 5.13. The molecule has 0 heterocycles. The molecule has 1 saturated carbocycles. The number of nitrogens with two attached hydrogens (primary N) is 1. The Morgan fingerprint density at radius 1 is 1.62 bits per heavy atom. The molecule has 1 rings (SSSR count). The lowest BCUT2D eigenvalue weighted by Gasteiger charge is -2.18. The van der Waals surface area contributed by atoms with E-state index in [9.17, 15) is 5.11 Å². The molecule has 0 radical (unpaired) electrons. The predicted octanol–water partition coefficient (Wildman–Crippen LogP) is 1.74. The van der Waals surface area contributed by atoms with Crippen LogP contribution in [0.15, 0.2) is 16.9 Å². The summed E-state index contributed by atoms with van der Waals surface area (Å²) >= 11 is 0. The third-order valence-corrected chi connectivity index (χ3v) is 2.59. The van der Waals surface area contributed by atoms with E-state index in [0.717, 1.165) is 36.8 Å². The van der Waals surface area contributed by atoms with E-state index in [-0.39, 0.29) is 6.10 Å². The van der Waals surface area contributed by atoms with Crippen LogP contribution in [0.2, 0.25) is 0 Å². The standard InChI is InChI=1S/C11H19NO/c1-2-9(8-12)7-10-5-3-4-6-11(10)13/h11,13H,2-6,8,12H2,1H3. The third-order valence-electron chi connectivity index (χ3n) is 2.59. The van der Waals surface area contributed by atoms with Crippen LogP contribution in [0.5, 0.6) is 0 Å². The number of hydrogen-bond donors (Lipinski definition) is 2. The Morgan fingerprint density at radius 3 is 2.92 bits per heavy atom. The predicted molar refractivity (Wildman–Crippen MR) is 54.4 cm³/mol. The van der Waals surface area contributed by atoms with Crippen molar-refractivity contribution in [1.82, 2.24) is 0 Å². The van der Waals surface area contributed by atoms with Crippen molar-refractivity contribution in [3.05, 3.63) is 16.9 Å². The molecule has 0 amide bonds. The van der Waals surface area contributed by atoms with Gasteiger partial charge in [-0.05, 0) is 31.3 Å². The van der Waals surface area contributed by atoms with Crippen molar-refractivity contribution in [2.45, 2.75) is 45.1 Å². The molecule has 0 aromatic rings. The van der Waals surface area contributed by atoms with Crippen LogP contribution in [0.1, 0.15) is 39.0 Å². The van der Waals surface area contributed by atoms with Gasteiger partial charge in [0.15, 0.2) is 0 Å². The van der Waals surface area contributed by atoms with E-state index in [2.05, 4.69) is 12.7 Å². The highest BCUT2D eigenvalue weighted by Crippen LogP contribution is 2.23. The van der Waals surface area contributed by atoms with Gasteiger partial charge in [0.25, 0.3) is 0 Å². The fourth-order valence-electron chi connectivity index (χ4n) is 1.65. The summed E-state index contributed by atoms with van der Waals surface area (Å²) in [5, 5.41) is 9.66. The Kier molecular flexibility index (Phi) is 4.23. The topological polar surface area (TPSA) is 46.2 Å². The molecule has 1 unspecified atom stereocenters. The highest BCUT2D eigenvalue weighted by molar-refractivity contribution is 5.15. The summed E-state index contributed by atoms with van der Waals surface area (Å²) in [7, 11) is 0. The lowest BCUT2D eigenvalue weighted by molar-refractivity contribution is 0.179. The second kappa shape index (κ2) is 5.23. The second-order valence-corrected chi connectivity index (χ2v) is 3.57. The maximum atomic E-state index is 9.66. The fraction of sp³-hybridized carbons (Fsp3) is 0.727. The SMILES string of the molecule is CCC(=C=C1CCCCC1O)CN. The van der Waals surface area contributed by atoms with E-state index >= 15 is 0 Å². The minimum atomic E-state index is -0.262. The van der Waals surface area contributed by atoms with Crippen LogP contribution < -0.4 is 5.73 Å². The highest BCUT2D eigenvalue weighted by atomic mass is 16.3. The summed E-state index contributed by atoms with van der Waals surface area (Å²) in [5.41, 5.74) is 11.0. The van der Waals surface area contributed by atoms with E-state index in [1.165, 1.54) is 6.42 Å². The van der Waals surface area contributed by atoms with Gasteiger partial charge in [-0.15, -0.1) is 5.73 Å².